The molecule has 0 atom stereocenters. The molecule has 2 aliphatic heterocycles. The normalized spacial score (nSPS) is 12.5. The van der Waals surface area contributed by atoms with Crippen LogP contribution >= 0.6 is 0 Å². The van der Waals surface area contributed by atoms with Gasteiger partial charge in [-0.2, -0.15) is 0 Å². The quantitative estimate of drug-likeness (QED) is 0.142. The Morgan fingerprint density at radius 2 is 0.740 bits per heavy atom. The van der Waals surface area contributed by atoms with Crippen molar-refractivity contribution in [2.24, 2.45) is 0 Å². The van der Waals surface area contributed by atoms with E-state index in [1.165, 1.54) is 87.5 Å². The number of para-hydroxylation sites is 8. The minimum atomic E-state index is -0.212. The smallest absolute Gasteiger partial charge is 0.252 e. The summed E-state index contributed by atoms with van der Waals surface area (Å²) >= 11 is 0. The predicted molar refractivity (Wildman–Crippen MR) is 403 cm³/mol. The standard InChI is InChI=1S/C90H55BN4O/c1-5-22-56(23-6-1)58-42-46-60(47-43-58)65-33-19-34-66(61-48-44-59(45-49-61)57-24-7-2-8-25-57)88(65)95-81-54-73-68-30-13-16-39-76(68)93(64-28-11-4-12-29-64)80(73)55-75(81)91-74-38-21-37-72-86-79(51-50-78-85(86)71-32-14-17-40-77(71)92(78)63-26-9-3-10-27-63)94(89(72)74)82-52-62(53-83(95)87(82)91)67-35-20-36-70-69-31-15-18-41-84(69)96-90(67)70/h1-55H. The average Bonchev–Trinajstić information content (AvgIpc) is 1.41. The van der Waals surface area contributed by atoms with Crippen LogP contribution in [0.25, 0.3) is 160 Å². The van der Waals surface area contributed by atoms with Gasteiger partial charge in [-0.05, 0) is 134 Å². The first-order chi connectivity index (χ1) is 47.7. The van der Waals surface area contributed by atoms with Gasteiger partial charge in [0.1, 0.15) is 11.2 Å². The van der Waals surface area contributed by atoms with Crippen LogP contribution in [-0.2, 0) is 0 Å². The molecule has 5 nitrogen and oxygen atoms in total. The van der Waals surface area contributed by atoms with Crippen molar-refractivity contribution in [3.05, 3.63) is 334 Å². The lowest BCUT2D eigenvalue weighted by molar-refractivity contribution is 0.670. The van der Waals surface area contributed by atoms with Crippen LogP contribution in [0.2, 0.25) is 0 Å². The molecule has 0 spiro atoms. The summed E-state index contributed by atoms with van der Waals surface area (Å²) in [5.41, 5.74) is 30.6. The maximum absolute atomic E-state index is 7.10. The Morgan fingerprint density at radius 3 is 1.41 bits per heavy atom. The van der Waals surface area contributed by atoms with E-state index in [9.17, 15) is 0 Å². The maximum Gasteiger partial charge on any atom is 0.252 e. The van der Waals surface area contributed by atoms with Crippen molar-refractivity contribution in [1.82, 2.24) is 13.7 Å². The van der Waals surface area contributed by atoms with Crippen molar-refractivity contribution < 1.29 is 4.42 Å². The summed E-state index contributed by atoms with van der Waals surface area (Å²) in [6.45, 7) is -0.212. The second-order valence-corrected chi connectivity index (χ2v) is 25.8. The van der Waals surface area contributed by atoms with Gasteiger partial charge in [-0.1, -0.05) is 255 Å². The van der Waals surface area contributed by atoms with Crippen LogP contribution < -0.4 is 21.3 Å². The van der Waals surface area contributed by atoms with Crippen molar-refractivity contribution in [3.8, 4) is 72.7 Å². The van der Waals surface area contributed by atoms with E-state index in [4.69, 9.17) is 4.42 Å². The average molecular weight is 1220 g/mol. The third-order valence-electron chi connectivity index (χ3n) is 20.8. The SMILES string of the molecule is c1ccc(-c2ccc(-c3cccc(-c4ccc(-c5ccccc5)cc4)c3N3c4cc5c6ccccc6n(-c6ccccc6)c5cc4B4c5c3cc(-c3cccc6c3oc3ccccc36)cc5-n3c5ccc6c(c7ccccc7n6-c6ccccc6)c5c5cccc4c53)cc2)cc1. The molecule has 6 heteroatoms. The summed E-state index contributed by atoms with van der Waals surface area (Å²) in [7, 11) is 0. The Bertz CT molecular complexity index is 6320. The van der Waals surface area contributed by atoms with Crippen LogP contribution in [0.15, 0.2) is 338 Å². The van der Waals surface area contributed by atoms with Gasteiger partial charge in [0.2, 0.25) is 0 Å². The molecule has 0 saturated carbocycles. The summed E-state index contributed by atoms with van der Waals surface area (Å²) in [5.74, 6) is 0. The lowest BCUT2D eigenvalue weighted by Gasteiger charge is -2.42. The maximum atomic E-state index is 7.10. The molecule has 2 aliphatic rings. The Morgan fingerprint density at radius 1 is 0.260 bits per heavy atom. The van der Waals surface area contributed by atoms with Gasteiger partial charge in [0, 0.05) is 93.7 Å². The van der Waals surface area contributed by atoms with Crippen LogP contribution in [0.4, 0.5) is 17.1 Å². The molecule has 21 rings (SSSR count). The van der Waals surface area contributed by atoms with E-state index in [0.717, 1.165) is 106 Å². The zero-order valence-electron chi connectivity index (χ0n) is 52.0. The molecule has 6 heterocycles. The molecule has 0 saturated heterocycles. The third kappa shape index (κ3) is 7.58. The number of anilines is 3. The van der Waals surface area contributed by atoms with Crippen LogP contribution in [0, 0.1) is 0 Å². The lowest BCUT2D eigenvalue weighted by Crippen LogP contribution is -2.60. The molecule has 0 unspecified atom stereocenters. The molecule has 444 valence electrons. The van der Waals surface area contributed by atoms with Crippen molar-refractivity contribution in [1.29, 1.82) is 0 Å². The van der Waals surface area contributed by atoms with Gasteiger partial charge in [0.15, 0.2) is 0 Å². The molecule has 0 aliphatic carbocycles. The molecule has 96 heavy (non-hydrogen) atoms. The number of aromatic nitrogens is 3. The fraction of sp³-hybridized carbons (Fsp3) is 0. The van der Waals surface area contributed by atoms with E-state index in [0.29, 0.717) is 0 Å². The zero-order valence-corrected chi connectivity index (χ0v) is 52.0. The molecule has 0 fully saturated rings. The number of benzene rings is 15. The van der Waals surface area contributed by atoms with E-state index >= 15 is 0 Å². The van der Waals surface area contributed by atoms with Crippen molar-refractivity contribution >= 4 is 128 Å². The highest BCUT2D eigenvalue weighted by molar-refractivity contribution is 7.00. The summed E-state index contributed by atoms with van der Waals surface area (Å²) in [6.07, 6.45) is 0. The van der Waals surface area contributed by atoms with Gasteiger partial charge < -0.3 is 23.0 Å². The Kier molecular flexibility index (Phi) is 11.3. The summed E-state index contributed by atoms with van der Waals surface area (Å²) in [4.78, 5) is 2.68. The number of hydrogen-bond donors (Lipinski definition) is 0. The van der Waals surface area contributed by atoms with Crippen LogP contribution in [0.1, 0.15) is 0 Å². The molecule has 0 radical (unpaired) electrons. The van der Waals surface area contributed by atoms with E-state index in [1.54, 1.807) is 0 Å². The van der Waals surface area contributed by atoms with Crippen LogP contribution in [0.5, 0.6) is 0 Å². The first-order valence-electron chi connectivity index (χ1n) is 33.2. The first-order valence-corrected chi connectivity index (χ1v) is 33.2. The number of fused-ring (bicyclic) bond motifs is 17. The van der Waals surface area contributed by atoms with Gasteiger partial charge in [-0.15, -0.1) is 0 Å². The Balaban J connectivity index is 0.937. The minimum absolute atomic E-state index is 0.212. The fourth-order valence-electron chi connectivity index (χ4n) is 16.7. The summed E-state index contributed by atoms with van der Waals surface area (Å²) in [5, 5.41) is 9.52. The highest BCUT2D eigenvalue weighted by atomic mass is 16.3. The molecule has 0 amide bonds. The van der Waals surface area contributed by atoms with E-state index in [-0.39, 0.29) is 6.71 Å². The summed E-state index contributed by atoms with van der Waals surface area (Å²) < 4.78 is 14.7. The second-order valence-electron chi connectivity index (χ2n) is 25.8. The molecule has 0 bridgehead atoms. The van der Waals surface area contributed by atoms with Gasteiger partial charge in [0.05, 0.1) is 33.3 Å². The van der Waals surface area contributed by atoms with E-state index in [2.05, 4.69) is 352 Å². The minimum Gasteiger partial charge on any atom is -0.455 e. The van der Waals surface area contributed by atoms with Crippen LogP contribution in [0.3, 0.4) is 0 Å². The van der Waals surface area contributed by atoms with E-state index < -0.39 is 0 Å². The largest absolute Gasteiger partial charge is 0.455 e. The van der Waals surface area contributed by atoms with Gasteiger partial charge >= 0.3 is 0 Å². The highest BCUT2D eigenvalue weighted by Gasteiger charge is 2.44. The van der Waals surface area contributed by atoms with Crippen LogP contribution in [-0.4, -0.2) is 20.4 Å². The number of rotatable bonds is 8. The molecule has 4 aromatic heterocycles. The predicted octanol–water partition coefficient (Wildman–Crippen LogP) is 21.8. The Hall–Kier alpha value is -12.6. The Labute approximate surface area is 553 Å². The topological polar surface area (TPSA) is 31.2 Å². The van der Waals surface area contributed by atoms with Gasteiger partial charge in [0.25, 0.3) is 6.71 Å². The second kappa shape index (κ2) is 20.4. The lowest BCUT2D eigenvalue weighted by atomic mass is 9.33. The molecule has 19 aromatic rings. The molecular formula is C90H55BN4O. The van der Waals surface area contributed by atoms with Crippen molar-refractivity contribution in [3.63, 3.8) is 0 Å². The van der Waals surface area contributed by atoms with E-state index in [1.807, 2.05) is 0 Å². The van der Waals surface area contributed by atoms with Crippen molar-refractivity contribution in [2.45, 2.75) is 0 Å². The zero-order chi connectivity index (χ0) is 62.7. The number of furan rings is 1. The molecule has 0 N–H and O–H groups in total. The molecule has 15 aromatic carbocycles. The molecular weight excluding hydrogens is 1160 g/mol. The van der Waals surface area contributed by atoms with Gasteiger partial charge in [-0.3, -0.25) is 0 Å². The first kappa shape index (κ1) is 52.9. The fourth-order valence-corrected chi connectivity index (χ4v) is 16.7. The highest BCUT2D eigenvalue weighted by Crippen LogP contribution is 2.53. The van der Waals surface area contributed by atoms with Crippen molar-refractivity contribution in [2.75, 3.05) is 4.90 Å². The number of nitrogens with zero attached hydrogens (tertiary/aromatic N) is 4. The number of hydrogen-bond acceptors (Lipinski definition) is 2. The monoisotopic (exact) mass is 1220 g/mol. The van der Waals surface area contributed by atoms with Gasteiger partial charge in [-0.25, -0.2) is 0 Å². The summed E-state index contributed by atoms with van der Waals surface area (Å²) in [6, 6.07) is 124. The third-order valence-corrected chi connectivity index (χ3v) is 20.8.